The highest BCUT2D eigenvalue weighted by molar-refractivity contribution is 8.21. The minimum Gasteiger partial charge on any atom is -0.455 e. The summed E-state index contributed by atoms with van der Waals surface area (Å²) in [6, 6.07) is 2.24. The van der Waals surface area contributed by atoms with Crippen LogP contribution in [0.25, 0.3) is 0 Å². The van der Waals surface area contributed by atoms with E-state index in [0.717, 1.165) is 25.7 Å². The van der Waals surface area contributed by atoms with Crippen molar-refractivity contribution in [3.8, 4) is 6.07 Å². The highest BCUT2D eigenvalue weighted by Crippen LogP contribution is 2.64. The number of nitriles is 1. The van der Waals surface area contributed by atoms with Crippen molar-refractivity contribution in [3.63, 3.8) is 0 Å². The van der Waals surface area contributed by atoms with Crippen molar-refractivity contribution in [2.75, 3.05) is 18.1 Å². The summed E-state index contributed by atoms with van der Waals surface area (Å²) in [4.78, 5) is 24.8. The lowest BCUT2D eigenvalue weighted by Crippen LogP contribution is -2.49. The van der Waals surface area contributed by atoms with E-state index in [9.17, 15) is 14.9 Å². The third-order valence-electron chi connectivity index (χ3n) is 6.85. The normalized spacial score (nSPS) is 33.4. The quantitative estimate of drug-likeness (QED) is 0.718. The molecule has 4 aliphatic rings. The van der Waals surface area contributed by atoms with Gasteiger partial charge in [-0.3, -0.25) is 9.59 Å². The average molecular weight is 409 g/mol. The SMILES string of the molecule is N#CC1(NC(=O)COC(=O)C2C[C@H]3CCC[C@@H](C2)C32SCCS2)CCCC1. The van der Waals surface area contributed by atoms with Crippen molar-refractivity contribution < 1.29 is 14.3 Å². The van der Waals surface area contributed by atoms with Crippen LogP contribution in [0.1, 0.15) is 57.8 Å². The van der Waals surface area contributed by atoms with E-state index in [0.29, 0.717) is 28.8 Å². The number of hydrogen-bond donors (Lipinski definition) is 1. The number of ether oxygens (including phenoxy) is 1. The summed E-state index contributed by atoms with van der Waals surface area (Å²) in [7, 11) is 0. The lowest BCUT2D eigenvalue weighted by atomic mass is 9.67. The molecule has 3 aliphatic carbocycles. The summed E-state index contributed by atoms with van der Waals surface area (Å²) in [6.07, 6.45) is 8.79. The molecule has 0 aromatic heterocycles. The maximum atomic E-state index is 12.6. The average Bonchev–Trinajstić information content (AvgIpc) is 3.30. The predicted molar refractivity (Wildman–Crippen MR) is 107 cm³/mol. The first-order valence-corrected chi connectivity index (χ1v) is 12.2. The van der Waals surface area contributed by atoms with Crippen LogP contribution in [-0.2, 0) is 14.3 Å². The van der Waals surface area contributed by atoms with Crippen molar-refractivity contribution in [3.05, 3.63) is 0 Å². The van der Waals surface area contributed by atoms with Crippen LogP contribution in [0, 0.1) is 29.1 Å². The molecule has 1 amide bonds. The molecule has 2 bridgehead atoms. The van der Waals surface area contributed by atoms with Gasteiger partial charge in [0.2, 0.25) is 0 Å². The standard InChI is InChI=1S/C20H28N2O3S2/c21-13-19(6-1-2-7-19)22-17(23)12-25-18(24)14-10-15-4-3-5-16(11-14)20(15)26-8-9-27-20/h14-16H,1-12H2,(H,22,23)/t14?,15-,16+. The van der Waals surface area contributed by atoms with Gasteiger partial charge in [0.05, 0.1) is 16.1 Å². The number of nitrogens with zero attached hydrogens (tertiary/aromatic N) is 1. The van der Waals surface area contributed by atoms with Crippen molar-refractivity contribution >= 4 is 35.4 Å². The van der Waals surface area contributed by atoms with Crippen LogP contribution in [0.5, 0.6) is 0 Å². The van der Waals surface area contributed by atoms with Crippen LogP contribution in [0.15, 0.2) is 0 Å². The van der Waals surface area contributed by atoms with Gasteiger partial charge < -0.3 is 10.1 Å². The number of carbonyl (C=O) groups is 2. The van der Waals surface area contributed by atoms with E-state index >= 15 is 0 Å². The third-order valence-corrected chi connectivity index (χ3v) is 10.9. The lowest BCUT2D eigenvalue weighted by Gasteiger charge is -2.51. The van der Waals surface area contributed by atoms with E-state index in [-0.39, 0.29) is 24.4 Å². The van der Waals surface area contributed by atoms with Crippen molar-refractivity contribution in [2.24, 2.45) is 17.8 Å². The molecule has 1 saturated heterocycles. The van der Waals surface area contributed by atoms with Gasteiger partial charge in [-0.15, -0.1) is 23.5 Å². The molecule has 1 spiro atoms. The maximum Gasteiger partial charge on any atom is 0.309 e. The van der Waals surface area contributed by atoms with Crippen LogP contribution in [0.3, 0.4) is 0 Å². The van der Waals surface area contributed by atoms with Gasteiger partial charge in [-0.25, -0.2) is 0 Å². The fourth-order valence-electron chi connectivity index (χ4n) is 5.60. The third kappa shape index (κ3) is 3.72. The molecule has 1 aliphatic heterocycles. The zero-order valence-electron chi connectivity index (χ0n) is 15.7. The molecule has 7 heteroatoms. The number of rotatable bonds is 4. The molecule has 5 nitrogen and oxygen atoms in total. The van der Waals surface area contributed by atoms with Crippen molar-refractivity contribution in [2.45, 2.75) is 67.4 Å². The van der Waals surface area contributed by atoms with E-state index in [1.807, 2.05) is 0 Å². The Hall–Kier alpha value is -0.870. The predicted octanol–water partition coefficient (Wildman–Crippen LogP) is 3.48. The van der Waals surface area contributed by atoms with E-state index in [1.54, 1.807) is 0 Å². The zero-order chi connectivity index (χ0) is 18.9. The Morgan fingerprint density at radius 1 is 1.07 bits per heavy atom. The molecule has 148 valence electrons. The molecular weight excluding hydrogens is 380 g/mol. The fraction of sp³-hybridized carbons (Fsp3) is 0.850. The van der Waals surface area contributed by atoms with E-state index in [2.05, 4.69) is 34.9 Å². The van der Waals surface area contributed by atoms with Crippen molar-refractivity contribution in [1.82, 2.24) is 5.32 Å². The summed E-state index contributed by atoms with van der Waals surface area (Å²) < 4.78 is 5.73. The Balaban J connectivity index is 1.30. The van der Waals surface area contributed by atoms with Gasteiger partial charge in [0, 0.05) is 11.5 Å². The minimum absolute atomic E-state index is 0.0723. The lowest BCUT2D eigenvalue weighted by molar-refractivity contribution is -0.155. The van der Waals surface area contributed by atoms with Crippen LogP contribution < -0.4 is 5.32 Å². The zero-order valence-corrected chi connectivity index (χ0v) is 17.3. The second kappa shape index (κ2) is 7.87. The Labute approximate surface area is 169 Å². The molecular formula is C20H28N2O3S2. The summed E-state index contributed by atoms with van der Waals surface area (Å²) >= 11 is 4.25. The second-order valence-electron chi connectivity index (χ2n) is 8.47. The summed E-state index contributed by atoms with van der Waals surface area (Å²) in [5.41, 5.74) is -0.755. The topological polar surface area (TPSA) is 79.2 Å². The molecule has 0 radical (unpaired) electrons. The first-order chi connectivity index (χ1) is 13.1. The molecule has 1 unspecified atom stereocenters. The molecule has 3 saturated carbocycles. The Morgan fingerprint density at radius 2 is 1.70 bits per heavy atom. The largest absolute Gasteiger partial charge is 0.455 e. The number of hydrogen-bond acceptors (Lipinski definition) is 6. The number of thioether (sulfide) groups is 2. The van der Waals surface area contributed by atoms with Crippen LogP contribution >= 0.6 is 23.5 Å². The monoisotopic (exact) mass is 408 g/mol. The van der Waals surface area contributed by atoms with E-state index < -0.39 is 5.54 Å². The number of esters is 1. The van der Waals surface area contributed by atoms with E-state index in [1.165, 1.54) is 30.8 Å². The van der Waals surface area contributed by atoms with Gasteiger partial charge in [-0.2, -0.15) is 5.26 Å². The fourth-order valence-corrected chi connectivity index (χ4v) is 9.54. The minimum atomic E-state index is -0.755. The molecule has 1 heterocycles. The van der Waals surface area contributed by atoms with Crippen molar-refractivity contribution in [1.29, 1.82) is 5.26 Å². The highest BCUT2D eigenvalue weighted by atomic mass is 32.2. The summed E-state index contributed by atoms with van der Waals surface area (Å²) in [5, 5.41) is 12.2. The van der Waals surface area contributed by atoms with Gasteiger partial charge in [0.25, 0.3) is 5.91 Å². The van der Waals surface area contributed by atoms with Gasteiger partial charge in [0.1, 0.15) is 5.54 Å². The van der Waals surface area contributed by atoms with Gasteiger partial charge in [-0.05, 0) is 63.2 Å². The molecule has 4 rings (SSSR count). The summed E-state index contributed by atoms with van der Waals surface area (Å²) in [5.74, 6) is 3.00. The summed E-state index contributed by atoms with van der Waals surface area (Å²) in [6.45, 7) is -0.261. The molecule has 1 N–H and O–H groups in total. The van der Waals surface area contributed by atoms with Gasteiger partial charge in [-0.1, -0.05) is 6.42 Å². The van der Waals surface area contributed by atoms with Gasteiger partial charge in [0.15, 0.2) is 6.61 Å². The van der Waals surface area contributed by atoms with E-state index in [4.69, 9.17) is 4.74 Å². The second-order valence-corrected chi connectivity index (χ2v) is 11.5. The highest BCUT2D eigenvalue weighted by Gasteiger charge is 2.55. The number of amides is 1. The molecule has 0 aromatic rings. The molecule has 4 fully saturated rings. The van der Waals surface area contributed by atoms with Crippen LogP contribution in [0.4, 0.5) is 0 Å². The Bertz CT molecular complexity index is 620. The van der Waals surface area contributed by atoms with Crippen LogP contribution in [0.2, 0.25) is 0 Å². The number of carbonyl (C=O) groups excluding carboxylic acids is 2. The smallest absolute Gasteiger partial charge is 0.309 e. The maximum absolute atomic E-state index is 12.6. The Kier molecular flexibility index (Phi) is 5.67. The van der Waals surface area contributed by atoms with Crippen LogP contribution in [-0.4, -0.2) is 39.6 Å². The Morgan fingerprint density at radius 3 is 2.30 bits per heavy atom. The first kappa shape index (κ1) is 19.4. The molecule has 3 atom stereocenters. The first-order valence-electron chi connectivity index (χ1n) is 10.2. The molecule has 27 heavy (non-hydrogen) atoms. The van der Waals surface area contributed by atoms with Gasteiger partial charge >= 0.3 is 5.97 Å². The number of nitrogens with one attached hydrogen (secondary N) is 1. The molecule has 0 aromatic carbocycles.